The van der Waals surface area contributed by atoms with E-state index in [1.807, 2.05) is 23.9 Å². The molecule has 0 aliphatic carbocycles. The Balaban J connectivity index is 0.00000289. The molecule has 1 N–H and O–H groups in total. The molecule has 3 fully saturated rings. The summed E-state index contributed by atoms with van der Waals surface area (Å²) in [4.78, 5) is 9.84. The Hall–Kier alpha value is -1.49. The summed E-state index contributed by atoms with van der Waals surface area (Å²) in [5.74, 6) is 0. The van der Waals surface area contributed by atoms with Crippen molar-refractivity contribution in [1.82, 2.24) is 15.2 Å². The molecule has 0 amide bonds. The van der Waals surface area contributed by atoms with Crippen LogP contribution in [-0.2, 0) is 6.54 Å². The van der Waals surface area contributed by atoms with Crippen LogP contribution in [-0.4, -0.2) is 53.9 Å². The number of thioether (sulfide) groups is 1. The van der Waals surface area contributed by atoms with E-state index in [-0.39, 0.29) is 12.4 Å². The number of hydrogen-bond donors (Lipinski definition) is 1. The van der Waals surface area contributed by atoms with Crippen LogP contribution >= 0.6 is 35.8 Å². The van der Waals surface area contributed by atoms with Gasteiger partial charge in [0.2, 0.25) is 0 Å². The first-order chi connectivity index (χ1) is 16.5. The SMILES string of the molecule is C[C@H]1CC2(CCN(Cc3ccc(SC4CCNCC4)nc3)CC2)CN1c1ccc(C#N)c(Cl)c1.Cl. The maximum absolute atomic E-state index is 9.18. The highest BCUT2D eigenvalue weighted by atomic mass is 35.5. The number of halogens is 2. The molecule has 5 rings (SSSR count). The lowest BCUT2D eigenvalue weighted by atomic mass is 9.76. The zero-order chi connectivity index (χ0) is 23.5. The van der Waals surface area contributed by atoms with Gasteiger partial charge in [-0.3, -0.25) is 4.90 Å². The first-order valence-electron chi connectivity index (χ1n) is 12.5. The van der Waals surface area contributed by atoms with Crippen molar-refractivity contribution in [2.45, 2.75) is 61.9 Å². The highest BCUT2D eigenvalue weighted by Crippen LogP contribution is 2.45. The summed E-state index contributed by atoms with van der Waals surface area (Å²) in [6.45, 7) is 8.93. The van der Waals surface area contributed by atoms with E-state index >= 15 is 0 Å². The Labute approximate surface area is 225 Å². The molecule has 8 heteroatoms. The molecule has 1 spiro atoms. The number of rotatable bonds is 5. The maximum atomic E-state index is 9.18. The third kappa shape index (κ3) is 6.26. The van der Waals surface area contributed by atoms with E-state index in [0.29, 0.717) is 27.3 Å². The van der Waals surface area contributed by atoms with Crippen LogP contribution in [0.5, 0.6) is 0 Å². The van der Waals surface area contributed by atoms with E-state index in [1.54, 1.807) is 0 Å². The van der Waals surface area contributed by atoms with Crippen LogP contribution in [0.2, 0.25) is 5.02 Å². The van der Waals surface area contributed by atoms with Gasteiger partial charge < -0.3 is 10.2 Å². The Morgan fingerprint density at radius 3 is 2.63 bits per heavy atom. The predicted molar refractivity (Wildman–Crippen MR) is 148 cm³/mol. The van der Waals surface area contributed by atoms with Gasteiger partial charge in [0.25, 0.3) is 0 Å². The van der Waals surface area contributed by atoms with Gasteiger partial charge in [-0.25, -0.2) is 4.98 Å². The van der Waals surface area contributed by atoms with Gasteiger partial charge in [0.1, 0.15) is 6.07 Å². The second-order valence-electron chi connectivity index (χ2n) is 10.3. The Morgan fingerprint density at radius 2 is 1.97 bits per heavy atom. The van der Waals surface area contributed by atoms with E-state index in [4.69, 9.17) is 16.6 Å². The number of nitriles is 1. The molecule has 0 radical (unpaired) electrons. The number of pyridine rings is 1. The molecule has 0 saturated carbocycles. The van der Waals surface area contributed by atoms with E-state index in [2.05, 4.69) is 52.5 Å². The fraction of sp³-hybridized carbons (Fsp3) is 0.556. The smallest absolute Gasteiger partial charge is 0.101 e. The van der Waals surface area contributed by atoms with Crippen LogP contribution in [0.4, 0.5) is 5.69 Å². The van der Waals surface area contributed by atoms with E-state index in [9.17, 15) is 5.26 Å². The minimum atomic E-state index is 0. The monoisotopic (exact) mass is 531 g/mol. The molecule has 0 unspecified atom stereocenters. The summed E-state index contributed by atoms with van der Waals surface area (Å²) in [6.07, 6.45) is 8.24. The van der Waals surface area contributed by atoms with Crippen molar-refractivity contribution in [1.29, 1.82) is 5.26 Å². The van der Waals surface area contributed by atoms with E-state index in [0.717, 1.165) is 50.0 Å². The standard InChI is InChI=1S/C27H34ClN5S.ClH/c1-20-15-27(19-33(20)23-4-3-22(16-29)25(28)14-23)8-12-32(13-9-27)18-21-2-5-26(31-17-21)34-24-6-10-30-11-7-24;/h2-5,14,17,20,24,30H,6-13,15,18-19H2,1H3;1H/t20-;/m0./s1. The average Bonchev–Trinajstić information content (AvgIpc) is 3.18. The number of anilines is 1. The molecular formula is C27H35Cl2N5S. The molecule has 3 aliphatic rings. The summed E-state index contributed by atoms with van der Waals surface area (Å²) in [7, 11) is 0. The topological polar surface area (TPSA) is 55.2 Å². The van der Waals surface area contributed by atoms with Crippen molar-refractivity contribution in [3.8, 4) is 6.07 Å². The second kappa shape index (κ2) is 11.7. The Morgan fingerprint density at radius 1 is 1.20 bits per heavy atom. The molecular weight excluding hydrogens is 497 g/mol. The zero-order valence-corrected chi connectivity index (χ0v) is 22.8. The summed E-state index contributed by atoms with van der Waals surface area (Å²) >= 11 is 8.26. The normalized spacial score (nSPS) is 22.7. The predicted octanol–water partition coefficient (Wildman–Crippen LogP) is 5.75. The van der Waals surface area contributed by atoms with Crippen molar-refractivity contribution in [2.24, 2.45) is 5.41 Å². The number of nitrogens with zero attached hydrogens (tertiary/aromatic N) is 4. The van der Waals surface area contributed by atoms with Crippen molar-refractivity contribution in [3.63, 3.8) is 0 Å². The third-order valence-corrected chi connectivity index (χ3v) is 9.47. The minimum Gasteiger partial charge on any atom is -0.368 e. The fourth-order valence-electron chi connectivity index (χ4n) is 5.90. The molecule has 2 aromatic rings. The zero-order valence-electron chi connectivity index (χ0n) is 20.4. The Kier molecular flexibility index (Phi) is 8.89. The molecule has 1 aromatic carbocycles. The van der Waals surface area contributed by atoms with Crippen LogP contribution in [0.15, 0.2) is 41.6 Å². The fourth-order valence-corrected chi connectivity index (χ4v) is 7.19. The number of nitrogens with one attached hydrogen (secondary N) is 1. The van der Waals surface area contributed by atoms with E-state index in [1.165, 1.54) is 37.7 Å². The van der Waals surface area contributed by atoms with Crippen molar-refractivity contribution in [2.75, 3.05) is 37.6 Å². The molecule has 1 atom stereocenters. The molecule has 3 saturated heterocycles. The van der Waals surface area contributed by atoms with Gasteiger partial charge in [0, 0.05) is 36.3 Å². The molecule has 0 bridgehead atoms. The number of benzene rings is 1. The molecule has 1 aromatic heterocycles. The molecule has 3 aliphatic heterocycles. The minimum absolute atomic E-state index is 0. The van der Waals surface area contributed by atoms with Crippen LogP contribution in [0, 0.1) is 16.7 Å². The summed E-state index contributed by atoms with van der Waals surface area (Å²) in [5.41, 5.74) is 3.39. The summed E-state index contributed by atoms with van der Waals surface area (Å²) < 4.78 is 0. The lowest BCUT2D eigenvalue weighted by Crippen LogP contribution is -2.41. The van der Waals surface area contributed by atoms with Gasteiger partial charge in [-0.15, -0.1) is 24.2 Å². The number of hydrogen-bond acceptors (Lipinski definition) is 6. The quantitative estimate of drug-likeness (QED) is 0.529. The number of piperidine rings is 2. The lowest BCUT2D eigenvalue weighted by molar-refractivity contribution is 0.113. The van der Waals surface area contributed by atoms with Crippen molar-refractivity contribution >= 4 is 41.5 Å². The first kappa shape index (κ1) is 26.6. The van der Waals surface area contributed by atoms with E-state index < -0.39 is 0 Å². The molecule has 4 heterocycles. The lowest BCUT2D eigenvalue weighted by Gasteiger charge is -2.39. The van der Waals surface area contributed by atoms with Gasteiger partial charge in [0.15, 0.2) is 0 Å². The van der Waals surface area contributed by atoms with Crippen LogP contribution < -0.4 is 10.2 Å². The highest BCUT2D eigenvalue weighted by Gasteiger charge is 2.44. The average molecular weight is 533 g/mol. The third-order valence-electron chi connectivity index (χ3n) is 7.87. The van der Waals surface area contributed by atoms with Crippen LogP contribution in [0.25, 0.3) is 0 Å². The van der Waals surface area contributed by atoms with Gasteiger partial charge in [-0.1, -0.05) is 17.7 Å². The molecule has 35 heavy (non-hydrogen) atoms. The first-order valence-corrected chi connectivity index (χ1v) is 13.8. The van der Waals surface area contributed by atoms with Crippen molar-refractivity contribution in [3.05, 3.63) is 52.7 Å². The number of aromatic nitrogens is 1. The second-order valence-corrected chi connectivity index (χ2v) is 12.0. The summed E-state index contributed by atoms with van der Waals surface area (Å²) in [5, 5.41) is 15.0. The molecule has 5 nitrogen and oxygen atoms in total. The largest absolute Gasteiger partial charge is 0.368 e. The van der Waals surface area contributed by atoms with Gasteiger partial charge in [0.05, 0.1) is 15.6 Å². The van der Waals surface area contributed by atoms with Gasteiger partial charge >= 0.3 is 0 Å². The van der Waals surface area contributed by atoms with Crippen LogP contribution in [0.3, 0.4) is 0 Å². The maximum Gasteiger partial charge on any atom is 0.101 e. The Bertz CT molecular complexity index is 1030. The number of likely N-dealkylation sites (tertiary alicyclic amines) is 1. The highest BCUT2D eigenvalue weighted by molar-refractivity contribution is 7.99. The van der Waals surface area contributed by atoms with Crippen molar-refractivity contribution < 1.29 is 0 Å². The van der Waals surface area contributed by atoms with Crippen LogP contribution in [0.1, 0.15) is 50.2 Å². The van der Waals surface area contributed by atoms with Gasteiger partial charge in [-0.2, -0.15) is 5.26 Å². The molecule has 188 valence electrons. The van der Waals surface area contributed by atoms with Gasteiger partial charge in [-0.05, 0) is 100 Å². The summed E-state index contributed by atoms with van der Waals surface area (Å²) in [6, 6.07) is 13.0.